The number of halogens is 2. The molecule has 2 aromatic rings. The van der Waals surface area contributed by atoms with Crippen LogP contribution in [0.25, 0.3) is 0 Å². The van der Waals surface area contributed by atoms with E-state index >= 15 is 0 Å². The normalized spacial score (nSPS) is 10.6. The van der Waals surface area contributed by atoms with E-state index in [-0.39, 0.29) is 5.60 Å². The molecule has 0 bridgehead atoms. The van der Waals surface area contributed by atoms with E-state index in [1.807, 2.05) is 62.4 Å². The molecule has 2 aromatic carbocycles. The zero-order valence-electron chi connectivity index (χ0n) is 17.5. The van der Waals surface area contributed by atoms with Gasteiger partial charge in [-0.05, 0) is 121 Å². The summed E-state index contributed by atoms with van der Waals surface area (Å²) in [6.45, 7) is 9.26. The van der Waals surface area contributed by atoms with Gasteiger partial charge in [0, 0.05) is 13.7 Å². The molecule has 0 aliphatic heterocycles. The average Bonchev–Trinajstić information content (AvgIpc) is 2.67. The van der Waals surface area contributed by atoms with E-state index in [0.29, 0.717) is 12.3 Å². The van der Waals surface area contributed by atoms with Crippen LogP contribution in [0.5, 0.6) is 11.5 Å². The molecule has 5 nitrogen and oxygen atoms in total. The summed E-state index contributed by atoms with van der Waals surface area (Å²) < 4.78 is 13.4. The molecule has 1 amide bonds. The molecule has 2 radical (unpaired) electrons. The first-order valence-corrected chi connectivity index (χ1v) is 11.1. The van der Waals surface area contributed by atoms with Gasteiger partial charge in [0.15, 0.2) is 5.60 Å². The van der Waals surface area contributed by atoms with Crippen molar-refractivity contribution in [1.82, 2.24) is 0 Å². The Morgan fingerprint density at radius 3 is 1.52 bits per heavy atom. The number of rotatable bonds is 6. The number of hydrogen-bond donors (Lipinski definition) is 2. The van der Waals surface area contributed by atoms with E-state index in [1.54, 1.807) is 13.8 Å². The monoisotopic (exact) mass is 622 g/mol. The Balaban J connectivity index is 0.000000499. The van der Waals surface area contributed by atoms with Gasteiger partial charge in [-0.1, -0.05) is 6.82 Å². The van der Waals surface area contributed by atoms with Crippen LogP contribution in [-0.4, -0.2) is 31.5 Å². The van der Waals surface area contributed by atoms with Gasteiger partial charge in [-0.2, -0.15) is 0 Å². The fraction of sp³-hybridized carbons (Fsp3) is 0.381. The summed E-state index contributed by atoms with van der Waals surface area (Å²) in [5, 5.41) is 0. The topological polar surface area (TPSA) is 87.6 Å². The molecule has 8 heteroatoms. The van der Waals surface area contributed by atoms with Crippen molar-refractivity contribution in [1.29, 1.82) is 0 Å². The minimum absolute atomic E-state index is 0.285. The van der Waals surface area contributed by atoms with Crippen LogP contribution in [0.15, 0.2) is 48.5 Å². The van der Waals surface area contributed by atoms with E-state index in [2.05, 4.69) is 53.0 Å². The van der Waals surface area contributed by atoms with Gasteiger partial charge in [-0.3, -0.25) is 4.79 Å². The van der Waals surface area contributed by atoms with Crippen LogP contribution in [0.2, 0.25) is 6.82 Å². The molecule has 0 heterocycles. The standard InChI is InChI=1S/C10H12INO2.C10H14INO.CH3B/c1-10(2,9(12)13)14-8-5-3-7(11)4-6-8;1-10(2,7-12)13-9-5-3-8(11)4-6-9;1-2/h3-6H,1-2H3,(H2,12,13);3-6H,7,12H2,1-2H3;1H3. The first-order chi connectivity index (χ1) is 13.4. The molecule has 0 unspecified atom stereocenters. The van der Waals surface area contributed by atoms with Crippen LogP contribution >= 0.6 is 45.2 Å². The van der Waals surface area contributed by atoms with Crippen LogP contribution in [0.3, 0.4) is 0 Å². The van der Waals surface area contributed by atoms with Crippen molar-refractivity contribution in [3.05, 3.63) is 55.7 Å². The predicted molar refractivity (Wildman–Crippen MR) is 138 cm³/mol. The Bertz CT molecular complexity index is 737. The molecular formula is C21H29BI2N2O3. The molecule has 0 aromatic heterocycles. The smallest absolute Gasteiger partial charge is 0.261 e. The number of amides is 1. The number of carbonyl (C=O) groups excluding carboxylic acids is 1. The molecule has 0 aliphatic carbocycles. The molecule has 2 rings (SSSR count). The molecular weight excluding hydrogens is 593 g/mol. The summed E-state index contributed by atoms with van der Waals surface area (Å²) in [5.41, 5.74) is 9.49. The maximum Gasteiger partial charge on any atom is 0.261 e. The van der Waals surface area contributed by atoms with Gasteiger partial charge >= 0.3 is 0 Å². The summed E-state index contributed by atoms with van der Waals surface area (Å²) >= 11 is 4.46. The third-order valence-electron chi connectivity index (χ3n) is 3.48. The quantitative estimate of drug-likeness (QED) is 0.366. The van der Waals surface area contributed by atoms with E-state index in [9.17, 15) is 4.79 Å². The average molecular weight is 622 g/mol. The summed E-state index contributed by atoms with van der Waals surface area (Å²) in [4.78, 5) is 11.0. The maximum atomic E-state index is 11.0. The van der Waals surface area contributed by atoms with Crippen molar-refractivity contribution >= 4 is 58.9 Å². The number of benzene rings is 2. The van der Waals surface area contributed by atoms with Gasteiger partial charge < -0.3 is 20.9 Å². The number of nitrogens with two attached hydrogens (primary N) is 2. The van der Waals surface area contributed by atoms with E-state index < -0.39 is 11.5 Å². The lowest BCUT2D eigenvalue weighted by molar-refractivity contribution is -0.130. The number of carbonyl (C=O) groups is 1. The van der Waals surface area contributed by atoms with Gasteiger partial charge in [-0.25, -0.2) is 0 Å². The molecule has 0 spiro atoms. The molecule has 158 valence electrons. The highest BCUT2D eigenvalue weighted by Crippen LogP contribution is 2.20. The van der Waals surface area contributed by atoms with Gasteiger partial charge in [0.1, 0.15) is 17.1 Å². The fourth-order valence-corrected chi connectivity index (χ4v) is 2.43. The van der Waals surface area contributed by atoms with Crippen molar-refractivity contribution in [2.45, 2.75) is 45.7 Å². The minimum atomic E-state index is -0.965. The lowest BCUT2D eigenvalue weighted by atomic mass is 10.1. The van der Waals surface area contributed by atoms with Gasteiger partial charge in [-0.15, -0.1) is 0 Å². The number of ether oxygens (including phenoxy) is 2. The lowest BCUT2D eigenvalue weighted by Gasteiger charge is -2.24. The summed E-state index contributed by atoms with van der Waals surface area (Å²) in [7, 11) is 4.50. The predicted octanol–water partition coefficient (Wildman–Crippen LogP) is 4.54. The summed E-state index contributed by atoms with van der Waals surface area (Å²) in [6.07, 6.45) is 0. The molecule has 0 fully saturated rings. The van der Waals surface area contributed by atoms with Crippen LogP contribution in [-0.2, 0) is 4.79 Å². The second-order valence-electron chi connectivity index (χ2n) is 6.95. The number of primary amides is 1. The van der Waals surface area contributed by atoms with E-state index in [1.165, 1.54) is 10.4 Å². The zero-order chi connectivity index (χ0) is 22.7. The second kappa shape index (κ2) is 13.3. The third-order valence-corrected chi connectivity index (χ3v) is 4.92. The Kier molecular flexibility index (Phi) is 12.9. The third kappa shape index (κ3) is 11.7. The Morgan fingerprint density at radius 2 is 1.21 bits per heavy atom. The molecule has 0 atom stereocenters. The van der Waals surface area contributed by atoms with Crippen molar-refractivity contribution in [3.63, 3.8) is 0 Å². The van der Waals surface area contributed by atoms with Crippen LogP contribution in [0.1, 0.15) is 27.7 Å². The summed E-state index contributed by atoms with van der Waals surface area (Å²) in [5.74, 6) is 1.04. The van der Waals surface area contributed by atoms with Crippen LogP contribution in [0, 0.1) is 7.14 Å². The number of hydrogen-bond acceptors (Lipinski definition) is 4. The van der Waals surface area contributed by atoms with Crippen molar-refractivity contribution in [2.24, 2.45) is 11.5 Å². The SMILES string of the molecule is CC(C)(CN)Oc1ccc(I)cc1.CC(C)(Oc1ccc(I)cc1)C(N)=O.[B]C. The van der Waals surface area contributed by atoms with E-state index in [0.717, 1.165) is 9.32 Å². The lowest BCUT2D eigenvalue weighted by Crippen LogP contribution is -2.43. The molecule has 0 saturated carbocycles. The highest BCUT2D eigenvalue weighted by atomic mass is 127. The Hall–Kier alpha value is -1.01. The zero-order valence-corrected chi connectivity index (χ0v) is 21.9. The Morgan fingerprint density at radius 1 is 0.862 bits per heavy atom. The van der Waals surface area contributed by atoms with Crippen molar-refractivity contribution in [3.8, 4) is 11.5 Å². The highest BCUT2D eigenvalue weighted by Gasteiger charge is 2.26. The second-order valence-corrected chi connectivity index (χ2v) is 9.44. The van der Waals surface area contributed by atoms with Crippen molar-refractivity contribution in [2.75, 3.05) is 6.54 Å². The minimum Gasteiger partial charge on any atom is -0.487 e. The first-order valence-electron chi connectivity index (χ1n) is 8.92. The first kappa shape index (κ1) is 28.0. The Labute approximate surface area is 203 Å². The summed E-state index contributed by atoms with van der Waals surface area (Å²) in [6, 6.07) is 15.4. The van der Waals surface area contributed by atoms with Crippen molar-refractivity contribution < 1.29 is 14.3 Å². The van der Waals surface area contributed by atoms with Gasteiger partial charge in [0.05, 0.1) is 7.85 Å². The molecule has 0 saturated heterocycles. The van der Waals surface area contributed by atoms with Gasteiger partial charge in [0.25, 0.3) is 5.91 Å². The largest absolute Gasteiger partial charge is 0.487 e. The fourth-order valence-electron chi connectivity index (χ4n) is 1.71. The maximum absolute atomic E-state index is 11.0. The van der Waals surface area contributed by atoms with Crippen LogP contribution < -0.4 is 20.9 Å². The van der Waals surface area contributed by atoms with Gasteiger partial charge in [0.2, 0.25) is 0 Å². The van der Waals surface area contributed by atoms with E-state index in [4.69, 9.17) is 20.9 Å². The highest BCUT2D eigenvalue weighted by molar-refractivity contribution is 14.1. The van der Waals surface area contributed by atoms with Crippen LogP contribution in [0.4, 0.5) is 0 Å². The molecule has 4 N–H and O–H groups in total. The molecule has 0 aliphatic rings. The molecule has 29 heavy (non-hydrogen) atoms.